The van der Waals surface area contributed by atoms with E-state index in [-0.39, 0.29) is 0 Å². The van der Waals surface area contributed by atoms with Gasteiger partial charge in [0.15, 0.2) is 0 Å². The lowest BCUT2D eigenvalue weighted by atomic mass is 9.97. The van der Waals surface area contributed by atoms with E-state index in [1.165, 1.54) is 43.6 Å². The first-order valence-corrected chi connectivity index (χ1v) is 7.26. The molecule has 1 N–H and O–H groups in total. The first-order valence-electron chi connectivity index (χ1n) is 7.26. The number of piperidine rings is 1. The molecule has 0 aromatic heterocycles. The summed E-state index contributed by atoms with van der Waals surface area (Å²) in [5.41, 5.74) is 2.83. The number of rotatable bonds is 5. The molecule has 1 aromatic rings. The van der Waals surface area contributed by atoms with Gasteiger partial charge in [-0.3, -0.25) is 4.90 Å². The van der Waals surface area contributed by atoms with Crippen LogP contribution < -0.4 is 5.32 Å². The van der Waals surface area contributed by atoms with E-state index in [0.29, 0.717) is 0 Å². The Hall–Kier alpha value is -0.860. The van der Waals surface area contributed by atoms with Gasteiger partial charge in [-0.05, 0) is 50.9 Å². The Kier molecular flexibility index (Phi) is 5.21. The van der Waals surface area contributed by atoms with Crippen molar-refractivity contribution in [3.8, 4) is 0 Å². The largest absolute Gasteiger partial charge is 0.317 e. The highest BCUT2D eigenvalue weighted by Crippen LogP contribution is 2.18. The molecule has 1 aromatic carbocycles. The van der Waals surface area contributed by atoms with Gasteiger partial charge in [0.2, 0.25) is 0 Å². The lowest BCUT2D eigenvalue weighted by Crippen LogP contribution is -2.39. The Morgan fingerprint density at radius 3 is 3.06 bits per heavy atom. The normalized spacial score (nSPS) is 21.1. The molecule has 1 heterocycles. The summed E-state index contributed by atoms with van der Waals surface area (Å²) in [6.45, 7) is 10.3. The number of hydrogen-bond acceptors (Lipinski definition) is 2. The molecule has 0 bridgehead atoms. The Morgan fingerprint density at radius 2 is 2.28 bits per heavy atom. The molecule has 18 heavy (non-hydrogen) atoms. The molecule has 2 nitrogen and oxygen atoms in total. The van der Waals surface area contributed by atoms with Crippen molar-refractivity contribution in [2.24, 2.45) is 5.92 Å². The zero-order valence-electron chi connectivity index (χ0n) is 11.8. The third-order valence-corrected chi connectivity index (χ3v) is 3.77. The van der Waals surface area contributed by atoms with Crippen LogP contribution in [0.5, 0.6) is 0 Å². The van der Waals surface area contributed by atoms with Crippen molar-refractivity contribution in [2.45, 2.75) is 33.2 Å². The zero-order chi connectivity index (χ0) is 12.8. The Bertz CT molecular complexity index is 362. The molecule has 1 aliphatic heterocycles. The van der Waals surface area contributed by atoms with E-state index >= 15 is 0 Å². The summed E-state index contributed by atoms with van der Waals surface area (Å²) in [5.74, 6) is 0.837. The fourth-order valence-corrected chi connectivity index (χ4v) is 2.88. The van der Waals surface area contributed by atoms with Crippen LogP contribution in [0.1, 0.15) is 30.9 Å². The average molecular weight is 246 g/mol. The molecule has 0 aliphatic carbocycles. The third kappa shape index (κ3) is 4.11. The summed E-state index contributed by atoms with van der Waals surface area (Å²) in [5, 5.41) is 3.48. The Balaban J connectivity index is 1.85. The van der Waals surface area contributed by atoms with Gasteiger partial charge in [-0.2, -0.15) is 0 Å². The molecular weight excluding hydrogens is 220 g/mol. The second-order valence-electron chi connectivity index (χ2n) is 5.54. The Morgan fingerprint density at radius 1 is 1.39 bits per heavy atom. The van der Waals surface area contributed by atoms with Gasteiger partial charge in [0.25, 0.3) is 0 Å². The predicted octanol–water partition coefficient (Wildman–Crippen LogP) is 2.82. The van der Waals surface area contributed by atoms with Crippen molar-refractivity contribution in [1.29, 1.82) is 0 Å². The van der Waals surface area contributed by atoms with Crippen LogP contribution in [-0.4, -0.2) is 31.1 Å². The number of likely N-dealkylation sites (tertiary alicyclic amines) is 1. The van der Waals surface area contributed by atoms with Crippen LogP contribution in [0.2, 0.25) is 0 Å². The monoisotopic (exact) mass is 246 g/mol. The van der Waals surface area contributed by atoms with Crippen molar-refractivity contribution in [1.82, 2.24) is 10.2 Å². The van der Waals surface area contributed by atoms with Crippen LogP contribution in [0.4, 0.5) is 0 Å². The molecule has 2 heteroatoms. The number of nitrogens with zero attached hydrogens (tertiary/aromatic N) is 1. The number of aryl methyl sites for hydroxylation is 1. The molecule has 100 valence electrons. The van der Waals surface area contributed by atoms with Gasteiger partial charge in [-0.15, -0.1) is 0 Å². The molecule has 1 fully saturated rings. The number of nitrogens with one attached hydrogen (secondary N) is 1. The standard InChI is InChI=1S/C16H26N2/c1-3-17-11-16-8-5-9-18(13-16)12-15-7-4-6-14(2)10-15/h4,6-7,10,16-17H,3,5,8-9,11-13H2,1-2H3. The maximum Gasteiger partial charge on any atom is 0.0233 e. The highest BCUT2D eigenvalue weighted by atomic mass is 15.1. The molecule has 2 rings (SSSR count). The lowest BCUT2D eigenvalue weighted by Gasteiger charge is -2.33. The van der Waals surface area contributed by atoms with E-state index in [0.717, 1.165) is 19.0 Å². The fourth-order valence-electron chi connectivity index (χ4n) is 2.88. The minimum absolute atomic E-state index is 0.837. The smallest absolute Gasteiger partial charge is 0.0233 e. The van der Waals surface area contributed by atoms with Gasteiger partial charge in [0.1, 0.15) is 0 Å². The maximum atomic E-state index is 3.48. The van der Waals surface area contributed by atoms with Crippen LogP contribution in [0.3, 0.4) is 0 Å². The van der Waals surface area contributed by atoms with Gasteiger partial charge in [0.05, 0.1) is 0 Å². The van der Waals surface area contributed by atoms with Crippen molar-refractivity contribution in [2.75, 3.05) is 26.2 Å². The minimum atomic E-state index is 0.837. The molecule has 0 saturated carbocycles. The highest BCUT2D eigenvalue weighted by Gasteiger charge is 2.19. The summed E-state index contributed by atoms with van der Waals surface area (Å²) in [6.07, 6.45) is 2.74. The first kappa shape index (κ1) is 13.6. The van der Waals surface area contributed by atoms with Gasteiger partial charge in [-0.25, -0.2) is 0 Å². The van der Waals surface area contributed by atoms with Crippen LogP contribution in [0, 0.1) is 12.8 Å². The van der Waals surface area contributed by atoms with Gasteiger partial charge >= 0.3 is 0 Å². The van der Waals surface area contributed by atoms with Gasteiger partial charge < -0.3 is 5.32 Å². The second-order valence-corrected chi connectivity index (χ2v) is 5.54. The highest BCUT2D eigenvalue weighted by molar-refractivity contribution is 5.22. The van der Waals surface area contributed by atoms with Gasteiger partial charge in [-0.1, -0.05) is 36.8 Å². The average Bonchev–Trinajstić information content (AvgIpc) is 2.37. The molecular formula is C16H26N2. The van der Waals surface area contributed by atoms with Crippen LogP contribution >= 0.6 is 0 Å². The van der Waals surface area contributed by atoms with E-state index < -0.39 is 0 Å². The van der Waals surface area contributed by atoms with Crippen LogP contribution in [0.15, 0.2) is 24.3 Å². The molecule has 1 atom stereocenters. The van der Waals surface area contributed by atoms with Crippen molar-refractivity contribution in [3.05, 3.63) is 35.4 Å². The van der Waals surface area contributed by atoms with E-state index in [2.05, 4.69) is 48.3 Å². The minimum Gasteiger partial charge on any atom is -0.317 e. The first-order chi connectivity index (χ1) is 8.78. The summed E-state index contributed by atoms with van der Waals surface area (Å²) in [6, 6.07) is 8.91. The third-order valence-electron chi connectivity index (χ3n) is 3.77. The number of benzene rings is 1. The van der Waals surface area contributed by atoms with Crippen LogP contribution in [-0.2, 0) is 6.54 Å². The van der Waals surface area contributed by atoms with E-state index in [1.54, 1.807) is 0 Å². The van der Waals surface area contributed by atoms with Crippen molar-refractivity contribution < 1.29 is 0 Å². The molecule has 0 amide bonds. The molecule has 1 saturated heterocycles. The molecule has 1 unspecified atom stereocenters. The summed E-state index contributed by atoms with van der Waals surface area (Å²) < 4.78 is 0. The topological polar surface area (TPSA) is 15.3 Å². The zero-order valence-corrected chi connectivity index (χ0v) is 11.8. The second kappa shape index (κ2) is 6.91. The summed E-state index contributed by atoms with van der Waals surface area (Å²) >= 11 is 0. The number of hydrogen-bond donors (Lipinski definition) is 1. The molecule has 0 radical (unpaired) electrons. The molecule has 1 aliphatic rings. The van der Waals surface area contributed by atoms with Crippen LogP contribution in [0.25, 0.3) is 0 Å². The van der Waals surface area contributed by atoms with E-state index in [9.17, 15) is 0 Å². The maximum absolute atomic E-state index is 3.48. The van der Waals surface area contributed by atoms with E-state index in [4.69, 9.17) is 0 Å². The SMILES string of the molecule is CCNCC1CCCN(Cc2cccc(C)c2)C1. The van der Waals surface area contributed by atoms with Crippen molar-refractivity contribution in [3.63, 3.8) is 0 Å². The molecule has 0 spiro atoms. The lowest BCUT2D eigenvalue weighted by molar-refractivity contribution is 0.166. The quantitative estimate of drug-likeness (QED) is 0.859. The predicted molar refractivity (Wildman–Crippen MR) is 77.7 cm³/mol. The van der Waals surface area contributed by atoms with E-state index in [1.807, 2.05) is 0 Å². The van der Waals surface area contributed by atoms with Crippen molar-refractivity contribution >= 4 is 0 Å². The Labute approximate surface area is 111 Å². The fraction of sp³-hybridized carbons (Fsp3) is 0.625. The summed E-state index contributed by atoms with van der Waals surface area (Å²) in [7, 11) is 0. The van der Waals surface area contributed by atoms with Gasteiger partial charge in [0, 0.05) is 13.1 Å². The summed E-state index contributed by atoms with van der Waals surface area (Å²) in [4.78, 5) is 2.61.